The summed E-state index contributed by atoms with van der Waals surface area (Å²) in [6.07, 6.45) is -0.0816. The van der Waals surface area contributed by atoms with Gasteiger partial charge in [-0.1, -0.05) is 0 Å². The highest BCUT2D eigenvalue weighted by atomic mass is 32.2. The van der Waals surface area contributed by atoms with Crippen molar-refractivity contribution >= 4 is 10.0 Å². The smallest absolute Gasteiger partial charge is 0.219 e. The van der Waals surface area contributed by atoms with Gasteiger partial charge in [-0.15, -0.1) is 0 Å². The minimum Gasteiger partial charge on any atom is -0.395 e. The van der Waals surface area contributed by atoms with E-state index in [0.717, 1.165) is 0 Å². The van der Waals surface area contributed by atoms with E-state index >= 15 is 0 Å². The van der Waals surface area contributed by atoms with Crippen LogP contribution in [0.15, 0.2) is 0 Å². The molecule has 0 aromatic heterocycles. The van der Waals surface area contributed by atoms with E-state index in [1.54, 1.807) is 0 Å². The van der Waals surface area contributed by atoms with E-state index in [1.165, 1.54) is 11.2 Å². The van der Waals surface area contributed by atoms with Crippen molar-refractivity contribution in [3.63, 3.8) is 0 Å². The minimum absolute atomic E-state index is 0.0816. The van der Waals surface area contributed by atoms with Crippen LogP contribution in [0.25, 0.3) is 0 Å². The van der Waals surface area contributed by atoms with Gasteiger partial charge in [-0.2, -0.15) is 4.31 Å². The van der Waals surface area contributed by atoms with Gasteiger partial charge in [-0.25, -0.2) is 8.42 Å². The summed E-state index contributed by atoms with van der Waals surface area (Å²) in [4.78, 5) is 0. The van der Waals surface area contributed by atoms with Crippen molar-refractivity contribution < 1.29 is 18.3 Å². The zero-order valence-electron chi connectivity index (χ0n) is 9.38. The fraction of sp³-hybridized carbons (Fsp3) is 1.00. The normalized spacial score (nSPS) is 31.5. The number of hydrogen-bond donors (Lipinski definition) is 1. The molecular formula is C9H19NO4S. The Morgan fingerprint density at radius 1 is 1.53 bits per heavy atom. The second-order valence-corrected chi connectivity index (χ2v) is 6.40. The first-order valence-corrected chi connectivity index (χ1v) is 6.63. The third-order valence-corrected chi connectivity index (χ3v) is 4.97. The zero-order chi connectivity index (χ0) is 11.6. The first-order valence-electron chi connectivity index (χ1n) is 5.12. The fourth-order valence-corrected chi connectivity index (χ4v) is 3.18. The summed E-state index contributed by atoms with van der Waals surface area (Å²) in [7, 11) is -3.39. The van der Waals surface area contributed by atoms with Crippen LogP contribution in [0.2, 0.25) is 0 Å². The van der Waals surface area contributed by atoms with E-state index < -0.39 is 15.3 Å². The molecule has 0 aromatic rings. The van der Waals surface area contributed by atoms with Gasteiger partial charge in [0.1, 0.15) is 0 Å². The molecule has 6 heteroatoms. The van der Waals surface area contributed by atoms with Crippen molar-refractivity contribution in [1.29, 1.82) is 0 Å². The van der Waals surface area contributed by atoms with Crippen LogP contribution in [0.4, 0.5) is 0 Å². The number of hydrogen-bond acceptors (Lipinski definition) is 4. The number of sulfonamides is 1. The Morgan fingerprint density at radius 3 is 2.67 bits per heavy atom. The Labute approximate surface area is 91.1 Å². The summed E-state index contributed by atoms with van der Waals surface area (Å²) < 4.78 is 30.8. The summed E-state index contributed by atoms with van der Waals surface area (Å²) in [5, 5.41) is 8.17. The molecule has 0 bridgehead atoms. The highest BCUT2D eigenvalue weighted by molar-refractivity contribution is 7.89. The second-order valence-electron chi connectivity index (χ2n) is 4.10. The monoisotopic (exact) mass is 237 g/mol. The SMILES string of the molecule is CC1CN(S(=O)(=O)C(C)CO)C(C)CO1. The van der Waals surface area contributed by atoms with Gasteiger partial charge < -0.3 is 9.84 Å². The molecule has 5 nitrogen and oxygen atoms in total. The number of morpholine rings is 1. The number of aliphatic hydroxyl groups is 1. The third kappa shape index (κ3) is 2.69. The van der Waals surface area contributed by atoms with E-state index in [2.05, 4.69) is 0 Å². The Bertz CT molecular complexity index is 303. The summed E-state index contributed by atoms with van der Waals surface area (Å²) in [6, 6.07) is -0.153. The standard InChI is InChI=1S/C9H19NO4S/c1-7-6-14-8(2)4-10(7)15(12,13)9(3)5-11/h7-9,11H,4-6H2,1-3H3. The maximum atomic E-state index is 12.0. The molecule has 0 radical (unpaired) electrons. The number of aliphatic hydroxyl groups excluding tert-OH is 1. The Balaban J connectivity index is 2.85. The van der Waals surface area contributed by atoms with E-state index in [0.29, 0.717) is 13.2 Å². The molecule has 1 aliphatic heterocycles. The van der Waals surface area contributed by atoms with E-state index in [4.69, 9.17) is 9.84 Å². The first kappa shape index (κ1) is 12.9. The van der Waals surface area contributed by atoms with Crippen LogP contribution in [0.1, 0.15) is 20.8 Å². The van der Waals surface area contributed by atoms with E-state index in [-0.39, 0.29) is 18.8 Å². The molecule has 0 aromatic carbocycles. The van der Waals surface area contributed by atoms with Gasteiger partial charge in [0.2, 0.25) is 10.0 Å². The second kappa shape index (κ2) is 4.78. The fourth-order valence-electron chi connectivity index (χ4n) is 1.55. The highest BCUT2D eigenvalue weighted by Crippen LogP contribution is 2.18. The van der Waals surface area contributed by atoms with Gasteiger partial charge in [-0.05, 0) is 20.8 Å². The molecule has 0 aliphatic carbocycles. The predicted molar refractivity (Wildman–Crippen MR) is 57.0 cm³/mol. The van der Waals surface area contributed by atoms with Crippen LogP contribution in [-0.2, 0) is 14.8 Å². The van der Waals surface area contributed by atoms with Crippen LogP contribution in [0.3, 0.4) is 0 Å². The lowest BCUT2D eigenvalue weighted by atomic mass is 10.2. The third-order valence-electron chi connectivity index (χ3n) is 2.64. The molecule has 1 saturated heterocycles. The molecule has 3 unspecified atom stereocenters. The summed E-state index contributed by atoms with van der Waals surface area (Å²) in [5.41, 5.74) is 0. The van der Waals surface area contributed by atoms with Crippen molar-refractivity contribution in [2.24, 2.45) is 0 Å². The summed E-state index contributed by atoms with van der Waals surface area (Å²) in [5.74, 6) is 0. The highest BCUT2D eigenvalue weighted by Gasteiger charge is 2.35. The predicted octanol–water partition coefficient (Wildman–Crippen LogP) is -0.194. The van der Waals surface area contributed by atoms with Gasteiger partial charge in [-0.3, -0.25) is 0 Å². The van der Waals surface area contributed by atoms with Gasteiger partial charge in [0.05, 0.1) is 24.6 Å². The molecular weight excluding hydrogens is 218 g/mol. The Hall–Kier alpha value is -0.170. The van der Waals surface area contributed by atoms with Crippen LogP contribution >= 0.6 is 0 Å². The molecule has 1 fully saturated rings. The molecule has 0 amide bonds. The molecule has 15 heavy (non-hydrogen) atoms. The zero-order valence-corrected chi connectivity index (χ0v) is 10.2. The topological polar surface area (TPSA) is 66.8 Å². The quantitative estimate of drug-likeness (QED) is 0.738. The molecule has 1 heterocycles. The average Bonchev–Trinajstić information content (AvgIpc) is 2.20. The number of nitrogens with zero attached hydrogens (tertiary/aromatic N) is 1. The van der Waals surface area contributed by atoms with Crippen LogP contribution in [0.5, 0.6) is 0 Å². The van der Waals surface area contributed by atoms with Gasteiger partial charge in [0.25, 0.3) is 0 Å². The minimum atomic E-state index is -3.39. The van der Waals surface area contributed by atoms with E-state index in [1.807, 2.05) is 13.8 Å². The van der Waals surface area contributed by atoms with Crippen LogP contribution in [0, 0.1) is 0 Å². The van der Waals surface area contributed by atoms with Crippen molar-refractivity contribution in [2.75, 3.05) is 19.8 Å². The Morgan fingerprint density at radius 2 is 2.13 bits per heavy atom. The van der Waals surface area contributed by atoms with E-state index in [9.17, 15) is 8.42 Å². The van der Waals surface area contributed by atoms with Crippen molar-refractivity contribution in [3.05, 3.63) is 0 Å². The molecule has 1 aliphatic rings. The lowest BCUT2D eigenvalue weighted by Gasteiger charge is -2.36. The largest absolute Gasteiger partial charge is 0.395 e. The molecule has 1 rings (SSSR count). The first-order chi connectivity index (χ1) is 6.89. The Kier molecular flexibility index (Phi) is 4.11. The molecule has 0 saturated carbocycles. The molecule has 0 spiro atoms. The van der Waals surface area contributed by atoms with Crippen LogP contribution < -0.4 is 0 Å². The van der Waals surface area contributed by atoms with Gasteiger partial charge in [0.15, 0.2) is 0 Å². The molecule has 90 valence electrons. The van der Waals surface area contributed by atoms with Crippen molar-refractivity contribution in [1.82, 2.24) is 4.31 Å². The van der Waals surface area contributed by atoms with Gasteiger partial charge >= 0.3 is 0 Å². The maximum Gasteiger partial charge on any atom is 0.219 e. The lowest BCUT2D eigenvalue weighted by molar-refractivity contribution is -0.0175. The lowest BCUT2D eigenvalue weighted by Crippen LogP contribution is -2.52. The maximum absolute atomic E-state index is 12.0. The average molecular weight is 237 g/mol. The summed E-state index contributed by atoms with van der Waals surface area (Å²) in [6.45, 7) is 5.61. The number of ether oxygens (including phenoxy) is 1. The van der Waals surface area contributed by atoms with Gasteiger partial charge in [0, 0.05) is 12.6 Å². The van der Waals surface area contributed by atoms with Crippen LogP contribution in [-0.4, -0.2) is 55.0 Å². The van der Waals surface area contributed by atoms with Crippen molar-refractivity contribution in [3.8, 4) is 0 Å². The number of rotatable bonds is 3. The molecule has 1 N–H and O–H groups in total. The molecule has 3 atom stereocenters. The van der Waals surface area contributed by atoms with Crippen molar-refractivity contribution in [2.45, 2.75) is 38.2 Å². The summed E-state index contributed by atoms with van der Waals surface area (Å²) >= 11 is 0.